The zero-order valence-electron chi connectivity index (χ0n) is 17.5. The highest BCUT2D eigenvalue weighted by Gasteiger charge is 2.23. The van der Waals surface area contributed by atoms with Crippen LogP contribution in [0.25, 0.3) is 17.2 Å². The maximum absolute atomic E-state index is 2.40. The van der Waals surface area contributed by atoms with Gasteiger partial charge < -0.3 is 0 Å². The van der Waals surface area contributed by atoms with Crippen LogP contribution in [0.4, 0.5) is 0 Å². The predicted octanol–water partition coefficient (Wildman–Crippen LogP) is 7.70. The van der Waals surface area contributed by atoms with E-state index in [0.717, 1.165) is 6.42 Å². The first-order valence-corrected chi connectivity index (χ1v) is 9.94. The van der Waals surface area contributed by atoms with Crippen molar-refractivity contribution in [1.82, 2.24) is 0 Å². The van der Waals surface area contributed by atoms with E-state index in [1.54, 1.807) is 0 Å². The minimum absolute atomic E-state index is 0.142. The van der Waals surface area contributed by atoms with E-state index in [9.17, 15) is 0 Å². The molecule has 2 aromatic carbocycles. The molecule has 2 aromatic rings. The predicted molar refractivity (Wildman–Crippen MR) is 116 cm³/mol. The fraction of sp³-hybridized carbons (Fsp3) is 0.423. The van der Waals surface area contributed by atoms with Gasteiger partial charge in [0.25, 0.3) is 0 Å². The summed E-state index contributed by atoms with van der Waals surface area (Å²) in [6.07, 6.45) is 7.11. The van der Waals surface area contributed by atoms with Crippen molar-refractivity contribution in [3.63, 3.8) is 0 Å². The van der Waals surface area contributed by atoms with Crippen molar-refractivity contribution in [1.29, 1.82) is 0 Å². The Hall–Kier alpha value is -1.82. The third-order valence-electron chi connectivity index (χ3n) is 5.33. The van der Waals surface area contributed by atoms with Crippen LogP contribution in [-0.2, 0) is 10.8 Å². The van der Waals surface area contributed by atoms with Gasteiger partial charge >= 0.3 is 0 Å². The van der Waals surface area contributed by atoms with Crippen molar-refractivity contribution in [3.8, 4) is 11.1 Å². The quantitative estimate of drug-likeness (QED) is 0.534. The average molecular weight is 346 g/mol. The molecule has 0 saturated heterocycles. The van der Waals surface area contributed by atoms with Gasteiger partial charge in [-0.15, -0.1) is 0 Å². The average Bonchev–Trinajstić information content (AvgIpc) is 2.95. The molecular formula is C26H33. The van der Waals surface area contributed by atoms with Crippen molar-refractivity contribution in [3.05, 3.63) is 70.6 Å². The Morgan fingerprint density at radius 3 is 1.96 bits per heavy atom. The summed E-state index contributed by atoms with van der Waals surface area (Å²) in [5, 5.41) is 0. The van der Waals surface area contributed by atoms with E-state index >= 15 is 0 Å². The minimum atomic E-state index is 0.142. The summed E-state index contributed by atoms with van der Waals surface area (Å²) in [7, 11) is 0. The second kappa shape index (κ2) is 6.72. The zero-order valence-corrected chi connectivity index (χ0v) is 17.5. The molecule has 0 heteroatoms. The molecule has 0 N–H and O–H groups in total. The Morgan fingerprint density at radius 2 is 1.42 bits per heavy atom. The smallest absolute Gasteiger partial charge is 0.0164 e. The molecule has 0 bridgehead atoms. The summed E-state index contributed by atoms with van der Waals surface area (Å²) in [6, 6.07) is 13.9. The lowest BCUT2D eigenvalue weighted by atomic mass is 9.78. The Balaban J connectivity index is 2.18. The maximum atomic E-state index is 2.40. The molecule has 1 radical (unpaired) electrons. The van der Waals surface area contributed by atoms with E-state index in [2.05, 4.69) is 97.4 Å². The number of hydrogen-bond donors (Lipinski definition) is 0. The van der Waals surface area contributed by atoms with Gasteiger partial charge in [0.05, 0.1) is 0 Å². The van der Waals surface area contributed by atoms with Crippen molar-refractivity contribution in [2.24, 2.45) is 0 Å². The van der Waals surface area contributed by atoms with Gasteiger partial charge in [0, 0.05) is 6.42 Å². The molecule has 0 spiro atoms. The van der Waals surface area contributed by atoms with Crippen LogP contribution < -0.4 is 0 Å². The van der Waals surface area contributed by atoms with Gasteiger partial charge in [-0.25, -0.2) is 0 Å². The summed E-state index contributed by atoms with van der Waals surface area (Å²) in [6.45, 7) is 16.1. The Labute approximate surface area is 160 Å². The molecule has 1 aliphatic rings. The molecule has 26 heavy (non-hydrogen) atoms. The molecule has 3 rings (SSSR count). The normalized spacial score (nSPS) is 14.3. The van der Waals surface area contributed by atoms with E-state index < -0.39 is 0 Å². The molecule has 0 saturated carbocycles. The lowest BCUT2D eigenvalue weighted by molar-refractivity contribution is 0.569. The molecule has 0 aromatic heterocycles. The third kappa shape index (κ3) is 3.80. The lowest BCUT2D eigenvalue weighted by Crippen LogP contribution is -2.16. The number of benzene rings is 2. The SMILES string of the molecule is CCCC1=Cc2c(cccc2-c2cc(C(C)(C)C)cc(C(C)(C)C)c2)[CH]1. The second-order valence-electron chi connectivity index (χ2n) is 9.72. The van der Waals surface area contributed by atoms with Crippen LogP contribution in [0.2, 0.25) is 0 Å². The molecule has 0 fully saturated rings. The molecule has 0 aliphatic heterocycles. The van der Waals surface area contributed by atoms with Gasteiger partial charge in [-0.2, -0.15) is 0 Å². The highest BCUT2D eigenvalue weighted by molar-refractivity contribution is 5.83. The van der Waals surface area contributed by atoms with Crippen LogP contribution in [0.15, 0.2) is 42.0 Å². The summed E-state index contributed by atoms with van der Waals surface area (Å²) in [5.41, 5.74) is 10.0. The third-order valence-corrected chi connectivity index (χ3v) is 5.33. The fourth-order valence-corrected chi connectivity index (χ4v) is 3.63. The highest BCUT2D eigenvalue weighted by atomic mass is 14.3. The maximum Gasteiger partial charge on any atom is 0.0164 e. The summed E-state index contributed by atoms with van der Waals surface area (Å²) in [4.78, 5) is 0. The van der Waals surface area contributed by atoms with Crippen molar-refractivity contribution in [2.45, 2.75) is 72.1 Å². The second-order valence-corrected chi connectivity index (χ2v) is 9.72. The standard InChI is InChI=1S/C26H33/c1-8-10-18-13-19-11-9-12-23(24(19)14-18)20-15-21(25(2,3)4)17-22(16-20)26(5,6)7/h9,11-17H,8,10H2,1-7H3. The van der Waals surface area contributed by atoms with Crippen molar-refractivity contribution >= 4 is 6.08 Å². The van der Waals surface area contributed by atoms with Gasteiger partial charge in [0.2, 0.25) is 0 Å². The monoisotopic (exact) mass is 345 g/mol. The van der Waals surface area contributed by atoms with Gasteiger partial charge in [0.15, 0.2) is 0 Å². The molecule has 0 amide bonds. The Morgan fingerprint density at radius 1 is 0.808 bits per heavy atom. The molecular weight excluding hydrogens is 312 g/mol. The molecule has 0 unspecified atom stereocenters. The van der Waals surface area contributed by atoms with Crippen molar-refractivity contribution in [2.75, 3.05) is 0 Å². The summed E-state index contributed by atoms with van der Waals surface area (Å²) >= 11 is 0. The van der Waals surface area contributed by atoms with Crippen LogP contribution in [-0.4, -0.2) is 0 Å². The summed E-state index contributed by atoms with van der Waals surface area (Å²) < 4.78 is 0. The first kappa shape index (κ1) is 19.0. The van der Waals surface area contributed by atoms with Gasteiger partial charge in [-0.1, -0.05) is 103 Å². The molecule has 1 aliphatic carbocycles. The topological polar surface area (TPSA) is 0 Å². The van der Waals surface area contributed by atoms with E-state index in [0.29, 0.717) is 0 Å². The van der Waals surface area contributed by atoms with Gasteiger partial charge in [-0.05, 0) is 50.6 Å². The first-order valence-electron chi connectivity index (χ1n) is 9.94. The molecule has 0 heterocycles. The van der Waals surface area contributed by atoms with Crippen LogP contribution in [0.1, 0.15) is 83.6 Å². The van der Waals surface area contributed by atoms with Crippen LogP contribution in [0, 0.1) is 6.42 Å². The highest BCUT2D eigenvalue weighted by Crippen LogP contribution is 2.39. The first-order chi connectivity index (χ1) is 12.1. The summed E-state index contributed by atoms with van der Waals surface area (Å²) in [5.74, 6) is 0. The van der Waals surface area contributed by atoms with E-state index in [-0.39, 0.29) is 10.8 Å². The Bertz CT molecular complexity index is 803. The van der Waals surface area contributed by atoms with Crippen LogP contribution >= 0.6 is 0 Å². The number of rotatable bonds is 3. The molecule has 137 valence electrons. The van der Waals surface area contributed by atoms with Gasteiger partial charge in [-0.3, -0.25) is 0 Å². The van der Waals surface area contributed by atoms with Crippen LogP contribution in [0.3, 0.4) is 0 Å². The Kier molecular flexibility index (Phi) is 4.90. The number of allylic oxidation sites excluding steroid dienone is 1. The lowest BCUT2D eigenvalue weighted by Gasteiger charge is -2.26. The van der Waals surface area contributed by atoms with Crippen LogP contribution in [0.5, 0.6) is 0 Å². The van der Waals surface area contributed by atoms with E-state index in [1.165, 1.54) is 45.4 Å². The molecule has 0 atom stereocenters. The van der Waals surface area contributed by atoms with Crippen molar-refractivity contribution < 1.29 is 0 Å². The van der Waals surface area contributed by atoms with Gasteiger partial charge in [0.1, 0.15) is 0 Å². The fourth-order valence-electron chi connectivity index (χ4n) is 3.63. The minimum Gasteiger partial charge on any atom is -0.0651 e. The van der Waals surface area contributed by atoms with E-state index in [4.69, 9.17) is 0 Å². The largest absolute Gasteiger partial charge is 0.0651 e. The molecule has 0 nitrogen and oxygen atoms in total. The zero-order chi connectivity index (χ0) is 19.1. The van der Waals surface area contributed by atoms with E-state index in [1.807, 2.05) is 0 Å². The number of fused-ring (bicyclic) bond motifs is 1. The number of hydrogen-bond acceptors (Lipinski definition) is 0.